The summed E-state index contributed by atoms with van der Waals surface area (Å²) in [6.45, 7) is 34.5. The van der Waals surface area contributed by atoms with Crippen LogP contribution in [0.4, 0.5) is 27.7 Å². The number of rotatable bonds is 23. The molecule has 0 spiro atoms. The number of nitrogens with two attached hydrogens (primary N) is 2. The maximum Gasteiger partial charge on any atom is 1.00 e. The van der Waals surface area contributed by atoms with Gasteiger partial charge in [0, 0.05) is 58.3 Å². The maximum atomic E-state index is 12.1. The van der Waals surface area contributed by atoms with Crippen LogP contribution in [0.1, 0.15) is 135 Å². The Kier molecular flexibility index (Phi) is 50.6. The van der Waals surface area contributed by atoms with Crippen LogP contribution in [-0.2, 0) is 28.7 Å². The van der Waals surface area contributed by atoms with Crippen molar-refractivity contribution in [1.29, 1.82) is 5.26 Å². The normalized spacial score (nSPS) is 10.1. The van der Waals surface area contributed by atoms with Crippen LogP contribution in [0.5, 0.6) is 64.2 Å². The number of methoxy groups -OCH3 is 3. The summed E-state index contributed by atoms with van der Waals surface area (Å²) in [6.07, 6.45) is -1.51. The molecule has 7 N–H and O–H groups in total. The van der Waals surface area contributed by atoms with Crippen molar-refractivity contribution in [3.8, 4) is 75.9 Å². The number of carboxylic acid groups (broad SMARTS) is 1. The van der Waals surface area contributed by atoms with Crippen LogP contribution in [0.2, 0.25) is 45.3 Å². The molecule has 0 aliphatic carbocycles. The number of amidine groups is 1. The number of nitrogen functional groups attached to an aromatic ring is 2. The van der Waals surface area contributed by atoms with Crippen molar-refractivity contribution in [2.24, 2.45) is 5.10 Å². The summed E-state index contributed by atoms with van der Waals surface area (Å²) in [7, 11) is 5.29. The van der Waals surface area contributed by atoms with Gasteiger partial charge in [0.1, 0.15) is 6.42 Å². The van der Waals surface area contributed by atoms with E-state index in [1.54, 1.807) is 75.6 Å². The summed E-state index contributed by atoms with van der Waals surface area (Å²) in [5.41, 5.74) is 16.6. The third-order valence-corrected chi connectivity index (χ3v) is 16.7. The molecule has 37 nitrogen and oxygen atoms in total. The van der Waals surface area contributed by atoms with E-state index in [0.717, 1.165) is 41.0 Å². The minimum Gasteiger partial charge on any atom is -0.857 e. The SMILES string of the molecule is CC(=O)[O-].CC(C)c1cc(Oc2c(Cl)cc(N)cc2Cl)nnc1Cl.CCOC(=O)CC(=O)CC#N.COc1nnc(Oc2c(Cl)cc(N)cc2Cl)cc1C(C)C.C[O-].[C-]#[N+]/C(=N/Nc1cc(Cl)c(Oc2cc(C(C)C)c(OC)nn2)c(Cl)c1)C(=O)NC(=O)OCC.[C-]#[N+]c1nn(-c2cc(Cl)c(Oc3cc(C(C)C)c(OC)nn3)c(Cl)c2)c(=O)[nH]c1=O.[Na+].[Na+]. The first-order valence-electron chi connectivity index (χ1n) is 34.6. The van der Waals surface area contributed by atoms with E-state index in [1.165, 1.54) is 38.5 Å². The number of hydrogen-bond acceptors (Lipinski definition) is 32. The van der Waals surface area contributed by atoms with Crippen LogP contribution in [0, 0.1) is 24.5 Å². The molecule has 0 bridgehead atoms. The number of H-pyrrole nitrogens is 1. The van der Waals surface area contributed by atoms with Crippen molar-refractivity contribution in [1.82, 2.24) is 60.9 Å². The monoisotopic (exact) mass is 1890 g/mol. The second kappa shape index (κ2) is 56.0. The molecule has 0 saturated heterocycles. The molecule has 0 aliphatic rings. The number of ether oxygens (including phenoxy) is 9. The molecule has 48 heteroatoms. The number of carboxylic acids is 1. The number of esters is 1. The first-order chi connectivity index (χ1) is 57.2. The zero-order valence-electron chi connectivity index (χ0n) is 68.7. The Morgan fingerprint density at radius 3 is 1.23 bits per heavy atom. The fraction of sp³-hybridized carbons (Fsp3) is 0.307. The fourth-order valence-corrected chi connectivity index (χ4v) is 11.4. The van der Waals surface area contributed by atoms with Gasteiger partial charge in [-0.05, 0) is 109 Å². The van der Waals surface area contributed by atoms with Gasteiger partial charge in [0.25, 0.3) is 11.5 Å². The number of hydrogen-bond donors (Lipinski definition) is 5. The molecule has 5 heterocycles. The smallest absolute Gasteiger partial charge is 0.857 e. The number of aliphatic carboxylic acids is 1. The van der Waals surface area contributed by atoms with Crippen molar-refractivity contribution < 1.29 is 136 Å². The van der Waals surface area contributed by atoms with Gasteiger partial charge in [0.05, 0.1) is 98.6 Å². The summed E-state index contributed by atoms with van der Waals surface area (Å²) in [6, 6.07) is 20.2. The van der Waals surface area contributed by atoms with Gasteiger partial charge in [-0.1, -0.05) is 173 Å². The molecule has 0 radical (unpaired) electrons. The molecule has 9 aromatic rings. The Morgan fingerprint density at radius 2 is 0.902 bits per heavy atom. The van der Waals surface area contributed by atoms with Crippen molar-refractivity contribution >= 4 is 163 Å². The second-order valence-electron chi connectivity index (χ2n) is 24.3. The van der Waals surface area contributed by atoms with Crippen LogP contribution in [-0.4, -0.2) is 133 Å². The summed E-state index contributed by atoms with van der Waals surface area (Å²) in [5, 5.41) is 67.8. The molecule has 123 heavy (non-hydrogen) atoms. The summed E-state index contributed by atoms with van der Waals surface area (Å²) in [5.74, 6) is -0.751. The van der Waals surface area contributed by atoms with Crippen LogP contribution in [0.3, 0.4) is 0 Å². The minimum atomic E-state index is -1.08. The van der Waals surface area contributed by atoms with Crippen molar-refractivity contribution in [2.75, 3.05) is 58.5 Å². The Morgan fingerprint density at radius 1 is 0.561 bits per heavy atom. The minimum absolute atomic E-state index is 0. The molecule has 0 fully saturated rings. The number of aromatic amines is 1. The van der Waals surface area contributed by atoms with E-state index in [1.807, 2.05) is 65.7 Å². The topological polar surface area (TPSA) is 506 Å². The average Bonchev–Trinajstić information content (AvgIpc) is 0.794. The van der Waals surface area contributed by atoms with Crippen molar-refractivity contribution in [3.63, 3.8) is 0 Å². The average molecular weight is 1900 g/mol. The molecule has 9 rings (SSSR count). The number of imide groups is 1. The Hall–Kier alpha value is -9.93. The number of aromatic nitrogens is 11. The summed E-state index contributed by atoms with van der Waals surface area (Å²) >= 11 is 55.4. The van der Waals surface area contributed by atoms with Gasteiger partial charge in [-0.2, -0.15) is 12.4 Å². The van der Waals surface area contributed by atoms with E-state index in [9.17, 15) is 28.8 Å². The first kappa shape index (κ1) is 111. The molecular formula is C75H76Cl9N19Na2O18. The number of amides is 2. The molecule has 0 aliphatic heterocycles. The van der Waals surface area contributed by atoms with E-state index in [4.69, 9.17) is 182 Å². The van der Waals surface area contributed by atoms with E-state index >= 15 is 0 Å². The number of halogens is 9. The molecule has 0 unspecified atom stereocenters. The summed E-state index contributed by atoms with van der Waals surface area (Å²) in [4.78, 5) is 84.8. The molecular weight excluding hydrogens is 1820 g/mol. The van der Waals surface area contributed by atoms with Gasteiger partial charge in [-0.15, -0.1) is 45.5 Å². The van der Waals surface area contributed by atoms with Crippen LogP contribution in [0.15, 0.2) is 87.5 Å². The summed E-state index contributed by atoms with van der Waals surface area (Å²) < 4.78 is 48.1. The largest absolute Gasteiger partial charge is 1.00 e. The molecule has 2 amide bonds. The zero-order valence-corrected chi connectivity index (χ0v) is 79.5. The number of nitrogens with one attached hydrogen (secondary N) is 3. The van der Waals surface area contributed by atoms with Gasteiger partial charge < -0.3 is 78.8 Å². The molecule has 4 aromatic carbocycles. The van der Waals surface area contributed by atoms with Gasteiger partial charge in [0.15, 0.2) is 33.9 Å². The van der Waals surface area contributed by atoms with Gasteiger partial charge >= 0.3 is 88.5 Å². The van der Waals surface area contributed by atoms with Gasteiger partial charge in [0.2, 0.25) is 41.2 Å². The van der Waals surface area contributed by atoms with E-state index in [0.29, 0.717) is 60.0 Å². The Labute approximate surface area is 794 Å². The molecule has 644 valence electrons. The molecule has 0 saturated carbocycles. The number of benzene rings is 4. The third kappa shape index (κ3) is 36.1. The van der Waals surface area contributed by atoms with Crippen molar-refractivity contribution in [3.05, 3.63) is 184 Å². The number of carbonyl (C=O) groups is 5. The third-order valence-electron chi connectivity index (χ3n) is 14.1. The van der Waals surface area contributed by atoms with Crippen LogP contribution >= 0.6 is 104 Å². The van der Waals surface area contributed by atoms with Crippen molar-refractivity contribution in [2.45, 2.75) is 113 Å². The van der Waals surface area contributed by atoms with Gasteiger partial charge in [-0.25, -0.2) is 15.0 Å². The van der Waals surface area contributed by atoms with E-state index in [2.05, 4.69) is 75.6 Å². The number of hydrazone groups is 1. The van der Waals surface area contributed by atoms with E-state index < -0.39 is 52.6 Å². The van der Waals surface area contributed by atoms with Gasteiger partial charge in [-0.3, -0.25) is 29.5 Å². The number of nitriles is 1. The van der Waals surface area contributed by atoms with E-state index in [-0.39, 0.29) is 181 Å². The second-order valence-corrected chi connectivity index (χ2v) is 27.9. The predicted molar refractivity (Wildman–Crippen MR) is 450 cm³/mol. The number of Topliss-reactive ketones (excluding diaryl/α,β-unsaturated/α-hetero) is 1. The molecule has 0 atom stereocenters. The molecule has 5 aromatic heterocycles. The number of carbonyl (C=O) groups excluding carboxylic acids is 5. The quantitative estimate of drug-likeness (QED) is 0.00581. The number of ketones is 1. The fourth-order valence-electron chi connectivity index (χ4n) is 8.81. The Bertz CT molecular complexity index is 5350. The Balaban J connectivity index is 0.000000777. The first-order valence-corrected chi connectivity index (χ1v) is 38.0. The van der Waals surface area contributed by atoms with Crippen LogP contribution < -0.4 is 136 Å². The maximum absolute atomic E-state index is 12.1. The number of nitrogens with zero attached hydrogens (tertiary/aromatic N) is 14. The number of alkyl carbamates (subject to hydrolysis) is 1. The standard InChI is InChI=1S/C20H20Cl2N6O5.C18H14Cl2N6O4.C14H15Cl2N3O2.C13H12Cl3N3O.C7H9NO3.C2H4O2.CH3O.2Na/c1-6-32-20(30)24-18(29)17(23-4)27-25-11-7-13(21)16(14(22)8-11)33-15-9-12(10(2)3)19(31-5)28-26-15;1-8(2)10-7-13(23-24-17(10)29-4)30-14-11(19)5-9(6-12(14)20)26-18(28)22-16(27)15(21-3)25-26;1-7(2)9-6-12(18-19-14(9)20-3)21-13-10(15)4-8(17)5-11(13)16;1-6(2)8-5-11(18-19-13(8)16)20-12-9(14)3-7(17)4-10(12)15;1-2-11-7(10)5-6(9)3-4-8;1-2(3)4;1-2;;/h7-10,25H,6H2,1-3,5H3,(H,24,29,30);5-8H,1-2,4H3,(H,22,27,28);4-7H,17H2,1-3H3;3-6H,17H2,1-2H3;2-3,5H2,1H3;1H3,(H,3,4);1H3;;/q;;;;;;-1;2*+1/p-1/b27-17+;;;;;;;;. The number of anilines is 3. The predicted octanol–water partition coefficient (Wildman–Crippen LogP) is 9.51. The van der Waals surface area contributed by atoms with Crippen LogP contribution in [0.25, 0.3) is 15.4 Å². The zero-order chi connectivity index (χ0) is 91.2.